The lowest BCUT2D eigenvalue weighted by molar-refractivity contribution is -0.189. The Labute approximate surface area is 183 Å². The zero-order chi connectivity index (χ0) is 28.0. The van der Waals surface area contributed by atoms with Gasteiger partial charge in [-0.1, -0.05) is 40.0 Å². The molecule has 4 rings (SSSR count). The van der Waals surface area contributed by atoms with Gasteiger partial charge in [-0.25, -0.2) is 0 Å². The second-order valence-electron chi connectivity index (χ2n) is 9.98. The minimum atomic E-state index is -2.90. The molecule has 0 heterocycles. The van der Waals surface area contributed by atoms with Crippen molar-refractivity contribution >= 4 is 11.8 Å². The lowest BCUT2D eigenvalue weighted by Crippen LogP contribution is -2.56. The number of esters is 1. The van der Waals surface area contributed by atoms with Crippen LogP contribution in [0.15, 0.2) is 11.6 Å². The largest absolute Gasteiger partial charge is 0.458 e. The number of carbonyl (C=O) groups excluding carboxylic acids is 2. The maximum absolute atomic E-state index is 13.0. The van der Waals surface area contributed by atoms with E-state index in [0.29, 0.717) is 18.4 Å². The van der Waals surface area contributed by atoms with Gasteiger partial charge < -0.3 is 4.74 Å². The van der Waals surface area contributed by atoms with Crippen molar-refractivity contribution in [3.8, 4) is 0 Å². The van der Waals surface area contributed by atoms with E-state index >= 15 is 0 Å². The van der Waals surface area contributed by atoms with Crippen molar-refractivity contribution in [1.29, 1.82) is 0 Å². The van der Waals surface area contributed by atoms with Crippen LogP contribution in [-0.4, -0.2) is 17.4 Å². The third-order valence-corrected chi connectivity index (χ3v) is 8.27. The molecule has 0 amide bonds. The molecule has 0 aromatic carbocycles. The van der Waals surface area contributed by atoms with Gasteiger partial charge in [-0.3, -0.25) is 9.59 Å². The molecule has 3 nitrogen and oxygen atoms in total. The van der Waals surface area contributed by atoms with Crippen LogP contribution in [0.1, 0.15) is 98.6 Å². The fraction of sp³-hybridized carbons (Fsp3) is 0.840. The van der Waals surface area contributed by atoms with Crippen LogP contribution in [-0.2, 0) is 14.3 Å². The Hall–Kier alpha value is -1.12. The Morgan fingerprint density at radius 2 is 2.00 bits per heavy atom. The topological polar surface area (TPSA) is 43.4 Å². The number of fused-ring (bicyclic) bond motifs is 5. The Morgan fingerprint density at radius 1 is 1.18 bits per heavy atom. The minimum Gasteiger partial charge on any atom is -0.458 e. The molecule has 0 aromatic heterocycles. The average Bonchev–Trinajstić information content (AvgIpc) is 3.02. The molecule has 156 valence electrons. The van der Waals surface area contributed by atoms with E-state index in [0.717, 1.165) is 0 Å². The van der Waals surface area contributed by atoms with E-state index in [2.05, 4.69) is 0 Å². The van der Waals surface area contributed by atoms with E-state index in [1.807, 2.05) is 0 Å². The number of rotatable bonds is 2. The number of carbonyl (C=O) groups is 2. The predicted octanol–water partition coefficient (Wildman–Crippen LogP) is 5.72. The van der Waals surface area contributed by atoms with Crippen molar-refractivity contribution in [3.05, 3.63) is 11.6 Å². The second-order valence-corrected chi connectivity index (χ2v) is 9.98. The molecule has 7 atom stereocenters. The third-order valence-electron chi connectivity index (χ3n) is 8.27. The van der Waals surface area contributed by atoms with Crippen LogP contribution < -0.4 is 0 Å². The molecular formula is C25H38O3. The minimum absolute atomic E-state index is 0.0809. The van der Waals surface area contributed by atoms with Gasteiger partial charge in [0.25, 0.3) is 0 Å². The fourth-order valence-electron chi connectivity index (χ4n) is 6.65. The van der Waals surface area contributed by atoms with Gasteiger partial charge in [-0.15, -0.1) is 0 Å². The average molecular weight is 396 g/mol. The van der Waals surface area contributed by atoms with Crippen molar-refractivity contribution < 1.29 is 26.7 Å². The molecule has 0 saturated heterocycles. The Morgan fingerprint density at radius 3 is 2.68 bits per heavy atom. The van der Waals surface area contributed by atoms with Crippen LogP contribution in [0, 0.1) is 40.4 Å². The Kier molecular flexibility index (Phi) is 2.74. The van der Waals surface area contributed by atoms with Crippen LogP contribution in [0.5, 0.6) is 0 Å². The summed E-state index contributed by atoms with van der Waals surface area (Å²) in [6.45, 7) is -3.21. The molecule has 0 bridgehead atoms. The summed E-state index contributed by atoms with van der Waals surface area (Å²) in [6, 6.07) is 0. The summed E-state index contributed by atoms with van der Waals surface area (Å²) < 4.78 is 83.5. The maximum atomic E-state index is 13.0. The van der Waals surface area contributed by atoms with Gasteiger partial charge >= 0.3 is 5.97 Å². The van der Waals surface area contributed by atoms with Crippen LogP contribution in [0.2, 0.25) is 0 Å². The summed E-state index contributed by atoms with van der Waals surface area (Å²) in [5, 5.41) is 0. The molecular weight excluding hydrogens is 348 g/mol. The van der Waals surface area contributed by atoms with Crippen molar-refractivity contribution in [2.75, 3.05) is 0 Å². The first-order valence-corrected chi connectivity index (χ1v) is 10.7. The van der Waals surface area contributed by atoms with Gasteiger partial charge in [0, 0.05) is 24.2 Å². The SMILES string of the molecule is [2H]C([2H])([2H])[C@]1(OC(=O)C(C)C)C(C)C[C@H]2[C@@H]3CCC4=CC(=O)CC[C@]4(C([2H])([2H])[2H])[C@H]3CC[C@@]21C([2H])([2H])[2H]. The number of ether oxygens (including phenoxy) is 1. The standard InChI is InChI=1S/C25H38O3/c1-15(2)22(27)28-25(6)16(3)13-21-19-8-7-17-14-18(26)9-11-23(17,4)20(19)10-12-24(21,25)5/h14-16,19-21H,7-13H2,1-6H3/t16?,19-,20+,21+,23+,24+,25+/m1/s1/i4D3,5D3,6D3. The summed E-state index contributed by atoms with van der Waals surface area (Å²) in [6.07, 6.45) is 2.97. The van der Waals surface area contributed by atoms with Crippen molar-refractivity contribution in [3.63, 3.8) is 0 Å². The van der Waals surface area contributed by atoms with Crippen molar-refractivity contribution in [2.24, 2.45) is 40.4 Å². The van der Waals surface area contributed by atoms with Gasteiger partial charge in [0.2, 0.25) is 0 Å². The highest BCUT2D eigenvalue weighted by Gasteiger charge is 2.66. The van der Waals surface area contributed by atoms with Crippen molar-refractivity contribution in [2.45, 2.75) is 91.9 Å². The summed E-state index contributed by atoms with van der Waals surface area (Å²) in [5.41, 5.74) is -4.65. The number of hydrogen-bond acceptors (Lipinski definition) is 3. The number of allylic oxidation sites excluding steroid dienone is 1. The maximum Gasteiger partial charge on any atom is 0.308 e. The summed E-state index contributed by atoms with van der Waals surface area (Å²) >= 11 is 0. The third kappa shape index (κ3) is 2.60. The number of ketones is 1. The zero-order valence-electron chi connectivity index (χ0n) is 26.1. The first kappa shape index (κ1) is 11.9. The molecule has 4 aliphatic rings. The lowest BCUT2D eigenvalue weighted by Gasteiger charge is -2.59. The van der Waals surface area contributed by atoms with Crippen LogP contribution in [0.4, 0.5) is 0 Å². The molecule has 0 N–H and O–H groups in total. The van der Waals surface area contributed by atoms with Crippen LogP contribution in [0.25, 0.3) is 0 Å². The van der Waals surface area contributed by atoms with E-state index in [-0.39, 0.29) is 43.8 Å². The molecule has 1 unspecified atom stereocenters. The predicted molar refractivity (Wildman–Crippen MR) is 111 cm³/mol. The second kappa shape index (κ2) is 6.44. The van der Waals surface area contributed by atoms with Crippen LogP contribution in [0.3, 0.4) is 0 Å². The molecule has 3 heteroatoms. The fourth-order valence-corrected chi connectivity index (χ4v) is 6.65. The zero-order valence-corrected chi connectivity index (χ0v) is 17.1. The van der Waals surface area contributed by atoms with Gasteiger partial charge in [0.15, 0.2) is 5.78 Å². The monoisotopic (exact) mass is 395 g/mol. The summed E-state index contributed by atoms with van der Waals surface area (Å²) in [7, 11) is 0. The molecule has 3 saturated carbocycles. The summed E-state index contributed by atoms with van der Waals surface area (Å²) in [5.74, 6) is -3.67. The van der Waals surface area contributed by atoms with Crippen LogP contribution >= 0.6 is 0 Å². The smallest absolute Gasteiger partial charge is 0.308 e. The highest BCUT2D eigenvalue weighted by Crippen LogP contribution is 2.69. The summed E-state index contributed by atoms with van der Waals surface area (Å²) in [4.78, 5) is 25.2. The van der Waals surface area contributed by atoms with E-state index in [9.17, 15) is 9.59 Å². The van der Waals surface area contributed by atoms with E-state index in [1.54, 1.807) is 20.8 Å². The molecule has 3 fully saturated rings. The highest BCUT2D eigenvalue weighted by molar-refractivity contribution is 5.91. The molecule has 0 aromatic rings. The normalized spacial score (nSPS) is 53.9. The quantitative estimate of drug-likeness (QED) is 0.561. The Balaban J connectivity index is 1.92. The molecule has 28 heavy (non-hydrogen) atoms. The van der Waals surface area contributed by atoms with E-state index in [4.69, 9.17) is 17.1 Å². The lowest BCUT2D eigenvalue weighted by atomic mass is 9.46. The molecule has 4 aliphatic carbocycles. The number of hydrogen-bond donors (Lipinski definition) is 0. The van der Waals surface area contributed by atoms with E-state index in [1.165, 1.54) is 6.08 Å². The highest BCUT2D eigenvalue weighted by atomic mass is 16.6. The Bertz CT molecular complexity index is 995. The van der Waals surface area contributed by atoms with Gasteiger partial charge in [0.05, 0.1) is 5.92 Å². The van der Waals surface area contributed by atoms with Crippen molar-refractivity contribution in [1.82, 2.24) is 0 Å². The van der Waals surface area contributed by atoms with Gasteiger partial charge in [-0.05, 0) is 80.5 Å². The molecule has 0 radical (unpaired) electrons. The molecule has 0 aliphatic heterocycles. The van der Waals surface area contributed by atoms with Gasteiger partial charge in [0.1, 0.15) is 5.60 Å². The first-order chi connectivity index (χ1) is 16.8. The van der Waals surface area contributed by atoms with E-state index < -0.39 is 66.6 Å². The first-order valence-electron chi connectivity index (χ1n) is 15.2. The van der Waals surface area contributed by atoms with Gasteiger partial charge in [-0.2, -0.15) is 0 Å². The molecule has 0 spiro atoms.